The summed E-state index contributed by atoms with van der Waals surface area (Å²) >= 11 is 4.78. The van der Waals surface area contributed by atoms with Gasteiger partial charge >= 0.3 is 0 Å². The maximum atomic E-state index is 13.3. The number of aliphatic hydroxyl groups is 1. The monoisotopic (exact) mass is 364 g/mol. The zero-order valence-electron chi connectivity index (χ0n) is 11.4. The summed E-state index contributed by atoms with van der Waals surface area (Å²) in [5.41, 5.74) is -0.0771. The van der Waals surface area contributed by atoms with Crippen LogP contribution in [0.1, 0.15) is 17.4 Å². The summed E-state index contributed by atoms with van der Waals surface area (Å²) in [6.45, 7) is 1.80. The Hall–Kier alpha value is -1.23. The van der Waals surface area contributed by atoms with Crippen molar-refractivity contribution in [1.29, 1.82) is 0 Å². The molecule has 108 valence electrons. The molecule has 0 radical (unpaired) electrons. The highest BCUT2D eigenvalue weighted by Crippen LogP contribution is 2.35. The second-order valence-electron chi connectivity index (χ2n) is 5.35. The highest BCUT2D eigenvalue weighted by Gasteiger charge is 2.26. The Kier molecular flexibility index (Phi) is 3.86. The van der Waals surface area contributed by atoms with Gasteiger partial charge in [-0.25, -0.2) is 4.39 Å². The predicted octanol–water partition coefficient (Wildman–Crippen LogP) is 5.25. The largest absolute Gasteiger partial charge is 0.384 e. The second-order valence-corrected chi connectivity index (χ2v) is 7.29. The van der Waals surface area contributed by atoms with Crippen LogP contribution in [-0.4, -0.2) is 5.11 Å². The molecule has 3 rings (SSSR count). The molecule has 1 atom stereocenters. The molecule has 0 saturated heterocycles. The Balaban J connectivity index is 1.93. The summed E-state index contributed by atoms with van der Waals surface area (Å²) in [4.78, 5) is 0.921. The summed E-state index contributed by atoms with van der Waals surface area (Å²) < 4.78 is 14.9. The van der Waals surface area contributed by atoms with Gasteiger partial charge in [0.2, 0.25) is 0 Å². The third kappa shape index (κ3) is 3.03. The predicted molar refractivity (Wildman–Crippen MR) is 89.2 cm³/mol. The Morgan fingerprint density at radius 3 is 2.67 bits per heavy atom. The molecule has 3 aromatic rings. The molecule has 21 heavy (non-hydrogen) atoms. The zero-order valence-corrected chi connectivity index (χ0v) is 13.8. The Morgan fingerprint density at radius 1 is 1.19 bits per heavy atom. The molecule has 0 bridgehead atoms. The minimum atomic E-state index is -0.971. The molecule has 0 amide bonds. The molecule has 1 heterocycles. The number of halogens is 2. The first-order chi connectivity index (χ1) is 9.95. The van der Waals surface area contributed by atoms with Crippen LogP contribution >= 0.6 is 27.3 Å². The summed E-state index contributed by atoms with van der Waals surface area (Å²) in [5, 5.41) is 11.9. The number of hydrogen-bond acceptors (Lipinski definition) is 2. The van der Waals surface area contributed by atoms with E-state index in [0.717, 1.165) is 20.5 Å². The molecule has 1 nitrogen and oxygen atoms in total. The van der Waals surface area contributed by atoms with Gasteiger partial charge in [-0.05, 0) is 58.1 Å². The number of benzene rings is 2. The summed E-state index contributed by atoms with van der Waals surface area (Å²) in [6.07, 6.45) is 0.443. The molecule has 1 aromatic heterocycles. The summed E-state index contributed by atoms with van der Waals surface area (Å²) in [6, 6.07) is 14.9. The number of rotatable bonds is 3. The first-order valence-electron chi connectivity index (χ1n) is 6.61. The molecule has 0 aliphatic carbocycles. The van der Waals surface area contributed by atoms with Crippen LogP contribution < -0.4 is 0 Å². The van der Waals surface area contributed by atoms with Crippen LogP contribution in [0.2, 0.25) is 0 Å². The third-order valence-electron chi connectivity index (χ3n) is 3.49. The highest BCUT2D eigenvalue weighted by molar-refractivity contribution is 9.10. The summed E-state index contributed by atoms with van der Waals surface area (Å²) in [5.74, 6) is -0.291. The van der Waals surface area contributed by atoms with Gasteiger partial charge in [0.1, 0.15) is 5.82 Å². The van der Waals surface area contributed by atoms with E-state index in [-0.39, 0.29) is 5.82 Å². The van der Waals surface area contributed by atoms with Crippen molar-refractivity contribution in [3.63, 3.8) is 0 Å². The second kappa shape index (κ2) is 5.52. The first-order valence-corrected chi connectivity index (χ1v) is 8.22. The Morgan fingerprint density at radius 2 is 1.95 bits per heavy atom. The topological polar surface area (TPSA) is 20.2 Å². The summed E-state index contributed by atoms with van der Waals surface area (Å²) in [7, 11) is 0. The van der Waals surface area contributed by atoms with Crippen molar-refractivity contribution in [2.45, 2.75) is 18.9 Å². The van der Waals surface area contributed by atoms with Crippen LogP contribution in [-0.2, 0) is 12.0 Å². The molecule has 0 aliphatic heterocycles. The number of fused-ring (bicyclic) bond motifs is 1. The molecular formula is C17H14BrFOS. The van der Waals surface area contributed by atoms with Crippen molar-refractivity contribution in [1.82, 2.24) is 0 Å². The van der Waals surface area contributed by atoms with Crippen LogP contribution in [0.3, 0.4) is 0 Å². The van der Waals surface area contributed by atoms with Crippen LogP contribution in [0.25, 0.3) is 10.1 Å². The molecule has 1 N–H and O–H groups in total. The maximum absolute atomic E-state index is 13.3. The van der Waals surface area contributed by atoms with Gasteiger partial charge < -0.3 is 5.11 Å². The number of hydrogen-bond donors (Lipinski definition) is 1. The van der Waals surface area contributed by atoms with E-state index in [1.807, 2.05) is 30.3 Å². The molecular weight excluding hydrogens is 351 g/mol. The lowest BCUT2D eigenvalue weighted by Crippen LogP contribution is -2.22. The van der Waals surface area contributed by atoms with E-state index in [1.165, 1.54) is 6.07 Å². The van der Waals surface area contributed by atoms with E-state index in [1.54, 1.807) is 30.4 Å². The standard InChI is InChI=1S/C17H14BrFOS/c1-17(20,10-11-6-7-14(19)13(18)8-11)16-9-12-4-2-3-5-15(12)21-16/h2-9,20H,10H2,1H3. The van der Waals surface area contributed by atoms with Crippen molar-refractivity contribution < 1.29 is 9.50 Å². The van der Waals surface area contributed by atoms with Crippen LogP contribution in [0.4, 0.5) is 4.39 Å². The van der Waals surface area contributed by atoms with E-state index >= 15 is 0 Å². The lowest BCUT2D eigenvalue weighted by atomic mass is 9.94. The fourth-order valence-corrected chi connectivity index (χ4v) is 3.91. The van der Waals surface area contributed by atoms with Crippen LogP contribution in [0.5, 0.6) is 0 Å². The fourth-order valence-electron chi connectivity index (χ4n) is 2.38. The third-order valence-corrected chi connectivity index (χ3v) is 5.47. The molecule has 0 aliphatic rings. The van der Waals surface area contributed by atoms with Crippen molar-refractivity contribution >= 4 is 37.4 Å². The van der Waals surface area contributed by atoms with E-state index in [2.05, 4.69) is 15.9 Å². The molecule has 4 heteroatoms. The average Bonchev–Trinajstić information content (AvgIpc) is 2.87. The first kappa shape index (κ1) is 14.7. The van der Waals surface area contributed by atoms with Gasteiger partial charge in [-0.3, -0.25) is 0 Å². The Labute approximate surface area is 135 Å². The number of thiophene rings is 1. The van der Waals surface area contributed by atoms with Crippen molar-refractivity contribution in [3.8, 4) is 0 Å². The van der Waals surface area contributed by atoms with Gasteiger partial charge in [0.15, 0.2) is 0 Å². The van der Waals surface area contributed by atoms with Gasteiger partial charge in [0, 0.05) is 16.0 Å². The quantitative estimate of drug-likeness (QED) is 0.672. The van der Waals surface area contributed by atoms with Crippen LogP contribution in [0, 0.1) is 5.82 Å². The van der Waals surface area contributed by atoms with Gasteiger partial charge in [0.05, 0.1) is 10.1 Å². The minimum absolute atomic E-state index is 0.291. The molecule has 0 spiro atoms. The molecule has 0 fully saturated rings. The van der Waals surface area contributed by atoms with Gasteiger partial charge in [-0.2, -0.15) is 0 Å². The normalized spacial score (nSPS) is 14.3. The smallest absolute Gasteiger partial charge is 0.137 e. The maximum Gasteiger partial charge on any atom is 0.137 e. The SMILES string of the molecule is CC(O)(Cc1ccc(F)c(Br)c1)c1cc2ccccc2s1. The molecule has 1 unspecified atom stereocenters. The fraction of sp³-hybridized carbons (Fsp3) is 0.176. The van der Waals surface area contributed by atoms with Gasteiger partial charge in [0.25, 0.3) is 0 Å². The molecule has 2 aromatic carbocycles. The van der Waals surface area contributed by atoms with Crippen LogP contribution in [0.15, 0.2) is 53.0 Å². The van der Waals surface area contributed by atoms with E-state index in [4.69, 9.17) is 0 Å². The van der Waals surface area contributed by atoms with E-state index in [9.17, 15) is 9.50 Å². The average molecular weight is 365 g/mol. The lowest BCUT2D eigenvalue weighted by Gasteiger charge is -2.22. The van der Waals surface area contributed by atoms with Crippen molar-refractivity contribution in [2.75, 3.05) is 0 Å². The van der Waals surface area contributed by atoms with Crippen molar-refractivity contribution in [2.24, 2.45) is 0 Å². The lowest BCUT2D eigenvalue weighted by molar-refractivity contribution is 0.0615. The van der Waals surface area contributed by atoms with E-state index < -0.39 is 5.60 Å². The minimum Gasteiger partial charge on any atom is -0.384 e. The zero-order chi connectivity index (χ0) is 15.0. The molecule has 0 saturated carbocycles. The van der Waals surface area contributed by atoms with Gasteiger partial charge in [-0.15, -0.1) is 11.3 Å². The Bertz CT molecular complexity index is 761. The highest BCUT2D eigenvalue weighted by atomic mass is 79.9. The van der Waals surface area contributed by atoms with E-state index in [0.29, 0.717) is 10.9 Å². The van der Waals surface area contributed by atoms with Gasteiger partial charge in [-0.1, -0.05) is 24.3 Å². The van der Waals surface area contributed by atoms with Crippen molar-refractivity contribution in [3.05, 3.63) is 69.3 Å².